The van der Waals surface area contributed by atoms with Gasteiger partial charge in [0.05, 0.1) is 6.61 Å². The number of ether oxygens (including phenoxy) is 1. The van der Waals surface area contributed by atoms with Crippen LogP contribution in [0.25, 0.3) is 0 Å². The number of benzene rings is 1. The number of anilines is 2. The monoisotopic (exact) mass is 299 g/mol. The van der Waals surface area contributed by atoms with Crippen molar-refractivity contribution in [1.82, 2.24) is 15.0 Å². The van der Waals surface area contributed by atoms with Crippen molar-refractivity contribution >= 4 is 11.9 Å². The highest BCUT2D eigenvalue weighted by molar-refractivity contribution is 5.36. The molecule has 0 spiro atoms. The molecule has 6 heteroatoms. The van der Waals surface area contributed by atoms with Crippen LogP contribution in [0.15, 0.2) is 30.3 Å². The van der Waals surface area contributed by atoms with Crippen molar-refractivity contribution in [2.24, 2.45) is 0 Å². The average molecular weight is 299 g/mol. The lowest BCUT2D eigenvalue weighted by atomic mass is 10.1. The molecule has 0 bridgehead atoms. The Bertz CT molecular complexity index is 599. The van der Waals surface area contributed by atoms with Crippen molar-refractivity contribution in [2.75, 3.05) is 30.3 Å². The van der Waals surface area contributed by atoms with Crippen LogP contribution < -0.4 is 15.4 Å². The van der Waals surface area contributed by atoms with E-state index in [0.29, 0.717) is 18.6 Å². The van der Waals surface area contributed by atoms with E-state index in [4.69, 9.17) is 10.5 Å². The van der Waals surface area contributed by atoms with E-state index < -0.39 is 0 Å². The molecule has 0 aliphatic carbocycles. The molecule has 1 fully saturated rings. The van der Waals surface area contributed by atoms with E-state index in [1.54, 1.807) is 0 Å². The van der Waals surface area contributed by atoms with Crippen molar-refractivity contribution in [1.29, 1.82) is 0 Å². The first-order chi connectivity index (χ1) is 10.8. The highest BCUT2D eigenvalue weighted by atomic mass is 16.5. The summed E-state index contributed by atoms with van der Waals surface area (Å²) in [6, 6.07) is 10.5. The Labute approximate surface area is 130 Å². The standard InChI is InChI=1S/C16H21N5O/c17-14-18-15(21-10-5-2-6-11-21)20-16(19-14)22-12-9-13-7-3-1-4-8-13/h1,3-4,7-8H,2,5-6,9-12H2,(H2,17,18,19,20). The summed E-state index contributed by atoms with van der Waals surface area (Å²) in [5.74, 6) is 0.840. The molecule has 1 aliphatic heterocycles. The number of aromatic nitrogens is 3. The molecule has 6 nitrogen and oxygen atoms in total. The van der Waals surface area contributed by atoms with Crippen LogP contribution >= 0.6 is 0 Å². The van der Waals surface area contributed by atoms with E-state index in [1.165, 1.54) is 12.0 Å². The molecule has 2 N–H and O–H groups in total. The normalized spacial score (nSPS) is 14.8. The molecule has 0 unspecified atom stereocenters. The molecule has 22 heavy (non-hydrogen) atoms. The summed E-state index contributed by atoms with van der Waals surface area (Å²) in [4.78, 5) is 14.8. The van der Waals surface area contributed by atoms with Gasteiger partial charge in [0.15, 0.2) is 0 Å². The number of rotatable bonds is 5. The molecule has 1 aliphatic rings. The Morgan fingerprint density at radius 3 is 2.55 bits per heavy atom. The molecule has 2 aromatic rings. The summed E-state index contributed by atoms with van der Waals surface area (Å²) in [6.07, 6.45) is 4.40. The van der Waals surface area contributed by atoms with Crippen LogP contribution in [0.3, 0.4) is 0 Å². The number of hydrogen-bond acceptors (Lipinski definition) is 6. The van der Waals surface area contributed by atoms with Gasteiger partial charge >= 0.3 is 6.01 Å². The molecular weight excluding hydrogens is 278 g/mol. The van der Waals surface area contributed by atoms with Gasteiger partial charge < -0.3 is 15.4 Å². The molecule has 0 saturated carbocycles. The van der Waals surface area contributed by atoms with Crippen LogP contribution in [-0.2, 0) is 6.42 Å². The van der Waals surface area contributed by atoms with Gasteiger partial charge in [0.1, 0.15) is 0 Å². The van der Waals surface area contributed by atoms with Crippen LogP contribution in [0.4, 0.5) is 11.9 Å². The summed E-state index contributed by atoms with van der Waals surface area (Å²) in [5, 5.41) is 0. The van der Waals surface area contributed by atoms with Crippen LogP contribution in [0.1, 0.15) is 24.8 Å². The zero-order chi connectivity index (χ0) is 15.2. The van der Waals surface area contributed by atoms with Gasteiger partial charge in [-0.3, -0.25) is 0 Å². The van der Waals surface area contributed by atoms with Crippen molar-refractivity contribution in [3.63, 3.8) is 0 Å². The maximum absolute atomic E-state index is 5.78. The summed E-state index contributed by atoms with van der Waals surface area (Å²) < 4.78 is 5.65. The summed E-state index contributed by atoms with van der Waals surface area (Å²) in [7, 11) is 0. The van der Waals surface area contributed by atoms with Gasteiger partial charge in [-0.25, -0.2) is 0 Å². The maximum Gasteiger partial charge on any atom is 0.323 e. The van der Waals surface area contributed by atoms with Crippen LogP contribution in [0.2, 0.25) is 0 Å². The van der Waals surface area contributed by atoms with Crippen molar-refractivity contribution < 1.29 is 4.74 Å². The Balaban J connectivity index is 1.62. The fraction of sp³-hybridized carbons (Fsp3) is 0.438. The molecule has 1 aromatic carbocycles. The van der Waals surface area contributed by atoms with Gasteiger partial charge in [0.2, 0.25) is 11.9 Å². The third kappa shape index (κ3) is 3.84. The minimum absolute atomic E-state index is 0.213. The fourth-order valence-corrected chi connectivity index (χ4v) is 2.57. The first kappa shape index (κ1) is 14.6. The first-order valence-corrected chi connectivity index (χ1v) is 7.74. The Morgan fingerprint density at radius 1 is 1.00 bits per heavy atom. The predicted molar refractivity (Wildman–Crippen MR) is 85.9 cm³/mol. The van der Waals surface area contributed by atoms with E-state index in [9.17, 15) is 0 Å². The van der Waals surface area contributed by atoms with Gasteiger partial charge in [-0.05, 0) is 24.8 Å². The number of nitrogens with zero attached hydrogens (tertiary/aromatic N) is 4. The Hall–Kier alpha value is -2.37. The third-order valence-electron chi connectivity index (χ3n) is 3.72. The van der Waals surface area contributed by atoms with E-state index in [0.717, 1.165) is 32.4 Å². The number of piperidine rings is 1. The second-order valence-corrected chi connectivity index (χ2v) is 5.41. The Morgan fingerprint density at radius 2 is 1.77 bits per heavy atom. The van der Waals surface area contributed by atoms with Gasteiger partial charge in [-0.15, -0.1) is 0 Å². The molecular formula is C16H21N5O. The summed E-state index contributed by atoms with van der Waals surface area (Å²) >= 11 is 0. The highest BCUT2D eigenvalue weighted by Gasteiger charge is 2.15. The van der Waals surface area contributed by atoms with Gasteiger partial charge in [-0.1, -0.05) is 30.3 Å². The first-order valence-electron chi connectivity index (χ1n) is 7.74. The van der Waals surface area contributed by atoms with Gasteiger partial charge in [-0.2, -0.15) is 15.0 Å². The highest BCUT2D eigenvalue weighted by Crippen LogP contribution is 2.18. The average Bonchev–Trinajstić information content (AvgIpc) is 2.56. The molecule has 0 radical (unpaired) electrons. The topological polar surface area (TPSA) is 77.2 Å². The van der Waals surface area contributed by atoms with Crippen molar-refractivity contribution in [3.8, 4) is 6.01 Å². The lowest BCUT2D eigenvalue weighted by Crippen LogP contribution is -2.31. The molecule has 116 valence electrons. The molecule has 3 rings (SSSR count). The number of nitrogen functional groups attached to an aromatic ring is 1. The second-order valence-electron chi connectivity index (χ2n) is 5.41. The van der Waals surface area contributed by atoms with E-state index >= 15 is 0 Å². The quantitative estimate of drug-likeness (QED) is 0.910. The molecule has 1 aromatic heterocycles. The van der Waals surface area contributed by atoms with Crippen LogP contribution in [-0.4, -0.2) is 34.6 Å². The maximum atomic E-state index is 5.78. The summed E-state index contributed by atoms with van der Waals surface area (Å²) in [5.41, 5.74) is 7.00. The van der Waals surface area contributed by atoms with E-state index in [1.807, 2.05) is 18.2 Å². The lowest BCUT2D eigenvalue weighted by Gasteiger charge is -2.26. The SMILES string of the molecule is Nc1nc(OCCc2ccccc2)nc(N2CCCCC2)n1. The third-order valence-corrected chi connectivity index (χ3v) is 3.72. The minimum atomic E-state index is 0.213. The van der Waals surface area contributed by atoms with Crippen LogP contribution in [0.5, 0.6) is 6.01 Å². The number of hydrogen-bond donors (Lipinski definition) is 1. The van der Waals surface area contributed by atoms with Crippen molar-refractivity contribution in [2.45, 2.75) is 25.7 Å². The Kier molecular flexibility index (Phi) is 4.68. The smallest absolute Gasteiger partial charge is 0.323 e. The van der Waals surface area contributed by atoms with E-state index in [-0.39, 0.29) is 5.95 Å². The fourth-order valence-electron chi connectivity index (χ4n) is 2.57. The molecule has 0 atom stereocenters. The van der Waals surface area contributed by atoms with Gasteiger partial charge in [0.25, 0.3) is 0 Å². The lowest BCUT2D eigenvalue weighted by molar-refractivity contribution is 0.295. The minimum Gasteiger partial charge on any atom is -0.463 e. The predicted octanol–water partition coefficient (Wildman–Crippen LogP) is 2.07. The zero-order valence-electron chi connectivity index (χ0n) is 12.6. The van der Waals surface area contributed by atoms with Gasteiger partial charge in [0, 0.05) is 19.5 Å². The number of nitrogens with two attached hydrogens (primary N) is 1. The summed E-state index contributed by atoms with van der Waals surface area (Å²) in [6.45, 7) is 2.45. The second kappa shape index (κ2) is 7.06. The largest absolute Gasteiger partial charge is 0.463 e. The van der Waals surface area contributed by atoms with Crippen molar-refractivity contribution in [3.05, 3.63) is 35.9 Å². The van der Waals surface area contributed by atoms with Crippen LogP contribution in [0, 0.1) is 0 Å². The molecule has 2 heterocycles. The molecule has 0 amide bonds. The van der Waals surface area contributed by atoms with E-state index in [2.05, 4.69) is 32.0 Å². The zero-order valence-corrected chi connectivity index (χ0v) is 12.6. The molecule has 1 saturated heterocycles.